The Labute approximate surface area is 229 Å². The summed E-state index contributed by atoms with van der Waals surface area (Å²) in [5, 5.41) is 1.68. The molecule has 2 amide bonds. The Morgan fingerprint density at radius 2 is 1.56 bits per heavy atom. The van der Waals surface area contributed by atoms with E-state index in [1.54, 1.807) is 36.4 Å². The van der Waals surface area contributed by atoms with E-state index in [1.807, 2.05) is 55.5 Å². The molecule has 0 bridgehead atoms. The molecule has 0 unspecified atom stereocenters. The molecule has 3 aromatic rings. The molecule has 0 N–H and O–H groups in total. The second kappa shape index (κ2) is 11.8. The van der Waals surface area contributed by atoms with Gasteiger partial charge in [0.2, 0.25) is 5.91 Å². The monoisotopic (exact) mass is 530 g/mol. The van der Waals surface area contributed by atoms with Gasteiger partial charge in [-0.3, -0.25) is 14.4 Å². The lowest BCUT2D eigenvalue weighted by Gasteiger charge is -2.29. The fourth-order valence-corrected chi connectivity index (χ4v) is 5.03. The molecule has 3 atom stereocenters. The summed E-state index contributed by atoms with van der Waals surface area (Å²) in [5.74, 6) is 0.455. The lowest BCUT2D eigenvalue weighted by molar-refractivity contribution is -0.126. The van der Waals surface area contributed by atoms with Crippen molar-refractivity contribution in [1.82, 2.24) is 0 Å². The highest BCUT2D eigenvalue weighted by atomic mass is 16.7. The Morgan fingerprint density at radius 1 is 0.795 bits per heavy atom. The third-order valence-corrected chi connectivity index (χ3v) is 6.98. The van der Waals surface area contributed by atoms with Crippen LogP contribution in [-0.4, -0.2) is 38.2 Å². The van der Waals surface area contributed by atoms with E-state index in [2.05, 4.69) is 6.92 Å². The van der Waals surface area contributed by atoms with Gasteiger partial charge in [-0.05, 0) is 66.9 Å². The van der Waals surface area contributed by atoms with Crippen LogP contribution < -0.4 is 24.2 Å². The van der Waals surface area contributed by atoms with Gasteiger partial charge in [-0.25, -0.2) is 9.96 Å². The van der Waals surface area contributed by atoms with Crippen molar-refractivity contribution >= 4 is 23.2 Å². The largest absolute Gasteiger partial charge is 0.494 e. The summed E-state index contributed by atoms with van der Waals surface area (Å²) in [6.07, 6.45) is 1.90. The van der Waals surface area contributed by atoms with Crippen molar-refractivity contribution in [2.75, 3.05) is 30.3 Å². The van der Waals surface area contributed by atoms with Crippen LogP contribution in [0.2, 0.25) is 0 Å². The minimum atomic E-state index is -0.954. The number of carbonyl (C=O) groups is 2. The summed E-state index contributed by atoms with van der Waals surface area (Å²) in [5.41, 5.74) is 2.04. The minimum absolute atomic E-state index is 0.308. The fourth-order valence-electron chi connectivity index (χ4n) is 5.03. The summed E-state index contributed by atoms with van der Waals surface area (Å²) < 4.78 is 17.2. The maximum atomic E-state index is 13.9. The van der Waals surface area contributed by atoms with E-state index in [0.29, 0.717) is 36.1 Å². The van der Waals surface area contributed by atoms with Gasteiger partial charge < -0.3 is 14.2 Å². The molecule has 0 aliphatic carbocycles. The second-order valence-electron chi connectivity index (χ2n) is 9.62. The highest BCUT2D eigenvalue weighted by Gasteiger charge is 2.60. The third kappa shape index (κ3) is 5.16. The number of benzene rings is 3. The van der Waals surface area contributed by atoms with Crippen molar-refractivity contribution in [1.29, 1.82) is 0 Å². The fraction of sp³-hybridized carbons (Fsp3) is 0.355. The number of carbonyl (C=O) groups excluding carboxylic acids is 2. The molecule has 3 aromatic carbocycles. The maximum Gasteiger partial charge on any atom is 0.266 e. The van der Waals surface area contributed by atoms with Crippen LogP contribution >= 0.6 is 0 Å². The van der Waals surface area contributed by atoms with Gasteiger partial charge in [0.15, 0.2) is 17.6 Å². The molecule has 2 fully saturated rings. The summed E-state index contributed by atoms with van der Waals surface area (Å²) in [6.45, 7) is 5.33. The number of hydroxylamine groups is 1. The van der Waals surface area contributed by atoms with Crippen LogP contribution in [0.3, 0.4) is 0 Å². The Bertz CT molecular complexity index is 1300. The molecule has 0 aromatic heterocycles. The third-order valence-electron chi connectivity index (χ3n) is 6.98. The van der Waals surface area contributed by atoms with E-state index in [0.717, 1.165) is 30.5 Å². The Hall–Kier alpha value is -4.04. The Kier molecular flexibility index (Phi) is 8.02. The number of unbranched alkanes of at least 4 members (excludes halogenated alkanes) is 1. The van der Waals surface area contributed by atoms with Gasteiger partial charge >= 0.3 is 0 Å². The first kappa shape index (κ1) is 26.6. The zero-order valence-corrected chi connectivity index (χ0v) is 22.5. The van der Waals surface area contributed by atoms with E-state index >= 15 is 0 Å². The number of rotatable bonds is 11. The van der Waals surface area contributed by atoms with Gasteiger partial charge in [-0.15, -0.1) is 0 Å². The molecule has 2 heterocycles. The van der Waals surface area contributed by atoms with Crippen LogP contribution in [0.15, 0.2) is 72.8 Å². The molecule has 2 aliphatic rings. The van der Waals surface area contributed by atoms with E-state index in [4.69, 9.17) is 19.0 Å². The number of para-hydroxylation sites is 1. The van der Waals surface area contributed by atoms with E-state index in [9.17, 15) is 9.59 Å². The number of imide groups is 1. The first-order valence-corrected chi connectivity index (χ1v) is 13.5. The molecule has 0 spiro atoms. The van der Waals surface area contributed by atoms with Gasteiger partial charge in [0.05, 0.1) is 37.7 Å². The van der Waals surface area contributed by atoms with E-state index < -0.39 is 18.1 Å². The van der Waals surface area contributed by atoms with Crippen molar-refractivity contribution in [3.63, 3.8) is 0 Å². The summed E-state index contributed by atoms with van der Waals surface area (Å²) in [7, 11) is 1.59. The average Bonchev–Trinajstić information content (AvgIpc) is 3.48. The van der Waals surface area contributed by atoms with Crippen LogP contribution in [0, 0.1) is 5.92 Å². The van der Waals surface area contributed by atoms with Gasteiger partial charge in [0.1, 0.15) is 11.7 Å². The Morgan fingerprint density at radius 3 is 2.26 bits per heavy atom. The highest BCUT2D eigenvalue weighted by molar-refractivity contribution is 6.23. The predicted molar refractivity (Wildman–Crippen MR) is 148 cm³/mol. The van der Waals surface area contributed by atoms with Crippen molar-refractivity contribution in [3.8, 4) is 17.2 Å². The molecule has 8 heteroatoms. The smallest absolute Gasteiger partial charge is 0.266 e. The quantitative estimate of drug-likeness (QED) is 0.232. The lowest BCUT2D eigenvalue weighted by Crippen LogP contribution is -2.37. The van der Waals surface area contributed by atoms with E-state index in [-0.39, 0.29) is 11.8 Å². The van der Waals surface area contributed by atoms with Crippen molar-refractivity contribution < 1.29 is 28.6 Å². The number of nitrogens with zero attached hydrogens (tertiary/aromatic N) is 2. The van der Waals surface area contributed by atoms with Crippen LogP contribution in [0.4, 0.5) is 11.4 Å². The molecular weight excluding hydrogens is 496 g/mol. The lowest BCUT2D eigenvalue weighted by atomic mass is 9.90. The highest BCUT2D eigenvalue weighted by Crippen LogP contribution is 2.48. The summed E-state index contributed by atoms with van der Waals surface area (Å²) in [4.78, 5) is 35.0. The van der Waals surface area contributed by atoms with Crippen molar-refractivity contribution in [2.45, 2.75) is 45.3 Å². The zero-order chi connectivity index (χ0) is 27.4. The standard InChI is InChI=1S/C31H34N2O6/c1-4-6-19-38-25-17-12-21(20-26(25)36-3)28-27-29(39-33(28)23-10-8-7-9-11-23)31(35)32(30(27)34)22-13-15-24(16-14-22)37-18-5-2/h7-17,20,27-29H,4-6,18-19H2,1-3H3/t27-,28+,29-/m1/s1. The number of hydrogen-bond donors (Lipinski definition) is 0. The van der Waals surface area contributed by atoms with Gasteiger partial charge in [-0.2, -0.15) is 0 Å². The van der Waals surface area contributed by atoms with E-state index in [1.165, 1.54) is 4.90 Å². The predicted octanol–water partition coefficient (Wildman–Crippen LogP) is 5.71. The molecule has 0 saturated carbocycles. The van der Waals surface area contributed by atoms with Crippen LogP contribution in [0.25, 0.3) is 0 Å². The molecule has 5 rings (SSSR count). The zero-order valence-electron chi connectivity index (χ0n) is 22.5. The number of amides is 2. The summed E-state index contributed by atoms with van der Waals surface area (Å²) >= 11 is 0. The van der Waals surface area contributed by atoms with Gasteiger partial charge in [0.25, 0.3) is 5.91 Å². The Balaban J connectivity index is 1.49. The minimum Gasteiger partial charge on any atom is -0.494 e. The van der Waals surface area contributed by atoms with Crippen LogP contribution in [-0.2, 0) is 14.4 Å². The number of anilines is 2. The van der Waals surface area contributed by atoms with Crippen molar-refractivity contribution in [3.05, 3.63) is 78.4 Å². The average molecular weight is 531 g/mol. The molecule has 2 aliphatic heterocycles. The number of fused-ring (bicyclic) bond motifs is 1. The van der Waals surface area contributed by atoms with Crippen LogP contribution in [0.1, 0.15) is 44.7 Å². The number of ether oxygens (including phenoxy) is 3. The molecule has 8 nitrogen and oxygen atoms in total. The topological polar surface area (TPSA) is 77.5 Å². The first-order chi connectivity index (χ1) is 19.1. The van der Waals surface area contributed by atoms with Crippen molar-refractivity contribution in [2.24, 2.45) is 5.92 Å². The molecule has 2 saturated heterocycles. The van der Waals surface area contributed by atoms with Crippen LogP contribution in [0.5, 0.6) is 17.2 Å². The SMILES string of the molecule is CCCCOc1ccc([C@H]2[C@H]3C(=O)N(c4ccc(OCCC)cc4)C(=O)[C@@H]3ON2c2ccccc2)cc1OC. The molecule has 0 radical (unpaired) electrons. The summed E-state index contributed by atoms with van der Waals surface area (Å²) in [6, 6.07) is 21.6. The van der Waals surface area contributed by atoms with Gasteiger partial charge in [-0.1, -0.05) is 44.5 Å². The molecule has 39 heavy (non-hydrogen) atoms. The molecule has 204 valence electrons. The maximum absolute atomic E-state index is 13.9. The normalized spacial score (nSPS) is 20.3. The second-order valence-corrected chi connectivity index (χ2v) is 9.62. The first-order valence-electron chi connectivity index (χ1n) is 13.5. The number of methoxy groups -OCH3 is 1. The molecular formula is C31H34N2O6. The van der Waals surface area contributed by atoms with Gasteiger partial charge in [0, 0.05) is 0 Å². The number of hydrogen-bond acceptors (Lipinski definition) is 7.